The SMILES string of the molecule is CNC(=O)[C@@H](NC(=O)c1ccn(-c2ccc(NOC)cc2)n1)C1CCCCC1. The van der Waals surface area contributed by atoms with E-state index in [1.165, 1.54) is 6.42 Å². The Bertz CT molecular complexity index is 796. The fraction of sp³-hybridized carbons (Fsp3) is 0.450. The van der Waals surface area contributed by atoms with Crippen LogP contribution in [0.5, 0.6) is 0 Å². The van der Waals surface area contributed by atoms with E-state index in [-0.39, 0.29) is 23.4 Å². The van der Waals surface area contributed by atoms with Crippen LogP contribution in [0.1, 0.15) is 42.6 Å². The first-order valence-electron chi connectivity index (χ1n) is 9.60. The number of benzene rings is 1. The van der Waals surface area contributed by atoms with E-state index in [2.05, 4.69) is 21.2 Å². The van der Waals surface area contributed by atoms with E-state index in [1.54, 1.807) is 31.1 Å². The molecule has 0 bridgehead atoms. The molecule has 2 aromatic rings. The maximum absolute atomic E-state index is 12.7. The van der Waals surface area contributed by atoms with Gasteiger partial charge in [-0.15, -0.1) is 0 Å². The van der Waals surface area contributed by atoms with Crippen molar-refractivity contribution in [3.8, 4) is 5.69 Å². The van der Waals surface area contributed by atoms with Gasteiger partial charge in [0.2, 0.25) is 5.91 Å². The number of hydrogen-bond acceptors (Lipinski definition) is 5. The molecule has 1 saturated carbocycles. The third-order valence-electron chi connectivity index (χ3n) is 5.11. The summed E-state index contributed by atoms with van der Waals surface area (Å²) in [5.41, 5.74) is 4.66. The van der Waals surface area contributed by atoms with Crippen LogP contribution in [0.2, 0.25) is 0 Å². The van der Waals surface area contributed by atoms with E-state index in [9.17, 15) is 9.59 Å². The highest BCUT2D eigenvalue weighted by Gasteiger charge is 2.31. The Kier molecular flexibility index (Phi) is 6.65. The Hall–Kier alpha value is -2.87. The number of nitrogens with zero attached hydrogens (tertiary/aromatic N) is 2. The van der Waals surface area contributed by atoms with Gasteiger partial charge in [-0.1, -0.05) is 19.3 Å². The molecule has 1 aromatic heterocycles. The van der Waals surface area contributed by atoms with Crippen molar-refractivity contribution in [1.29, 1.82) is 0 Å². The molecule has 0 spiro atoms. The van der Waals surface area contributed by atoms with Crippen molar-refractivity contribution in [2.75, 3.05) is 19.6 Å². The molecule has 0 aliphatic heterocycles. The van der Waals surface area contributed by atoms with Crippen LogP contribution in [0.25, 0.3) is 5.69 Å². The number of anilines is 1. The van der Waals surface area contributed by atoms with Gasteiger partial charge in [0, 0.05) is 13.2 Å². The minimum absolute atomic E-state index is 0.152. The molecule has 1 fully saturated rings. The topological polar surface area (TPSA) is 97.3 Å². The van der Waals surface area contributed by atoms with Crippen LogP contribution in [-0.4, -0.2) is 41.8 Å². The average Bonchev–Trinajstić information content (AvgIpc) is 3.23. The summed E-state index contributed by atoms with van der Waals surface area (Å²) in [5, 5.41) is 9.92. The first-order chi connectivity index (χ1) is 13.6. The Morgan fingerprint density at radius 3 is 2.50 bits per heavy atom. The Balaban J connectivity index is 1.70. The number of likely N-dealkylation sites (N-methyl/N-ethyl adjacent to an activating group) is 1. The van der Waals surface area contributed by atoms with E-state index in [1.807, 2.05) is 24.3 Å². The molecule has 8 heteroatoms. The molecule has 1 atom stereocenters. The second-order valence-electron chi connectivity index (χ2n) is 6.96. The van der Waals surface area contributed by atoms with Gasteiger partial charge in [-0.2, -0.15) is 5.10 Å². The van der Waals surface area contributed by atoms with Crippen molar-refractivity contribution >= 4 is 17.5 Å². The van der Waals surface area contributed by atoms with E-state index < -0.39 is 6.04 Å². The lowest BCUT2D eigenvalue weighted by molar-refractivity contribution is -0.124. The Labute approximate surface area is 164 Å². The minimum Gasteiger partial charge on any atom is -0.357 e. The first kappa shape index (κ1) is 19.9. The molecule has 3 N–H and O–H groups in total. The van der Waals surface area contributed by atoms with Crippen molar-refractivity contribution < 1.29 is 14.4 Å². The molecular weight excluding hydrogens is 358 g/mol. The first-order valence-corrected chi connectivity index (χ1v) is 9.60. The fourth-order valence-electron chi connectivity index (χ4n) is 3.62. The maximum atomic E-state index is 12.7. The third kappa shape index (κ3) is 4.69. The number of nitrogens with one attached hydrogen (secondary N) is 3. The molecule has 1 aliphatic rings. The van der Waals surface area contributed by atoms with Gasteiger partial charge in [0.05, 0.1) is 18.5 Å². The number of hydrogen-bond donors (Lipinski definition) is 3. The van der Waals surface area contributed by atoms with Gasteiger partial charge in [0.25, 0.3) is 5.91 Å². The highest BCUT2D eigenvalue weighted by molar-refractivity contribution is 5.96. The lowest BCUT2D eigenvalue weighted by Crippen LogP contribution is -2.50. The Morgan fingerprint density at radius 2 is 1.86 bits per heavy atom. The molecule has 28 heavy (non-hydrogen) atoms. The second kappa shape index (κ2) is 9.36. The monoisotopic (exact) mass is 385 g/mol. The van der Waals surface area contributed by atoms with E-state index in [0.29, 0.717) is 0 Å². The molecule has 1 aromatic carbocycles. The normalized spacial score (nSPS) is 15.6. The van der Waals surface area contributed by atoms with Crippen molar-refractivity contribution in [3.05, 3.63) is 42.2 Å². The van der Waals surface area contributed by atoms with Crippen molar-refractivity contribution in [2.45, 2.75) is 38.1 Å². The van der Waals surface area contributed by atoms with Crippen LogP contribution < -0.4 is 16.1 Å². The van der Waals surface area contributed by atoms with Crippen LogP contribution in [0, 0.1) is 5.92 Å². The van der Waals surface area contributed by atoms with Gasteiger partial charge < -0.3 is 10.6 Å². The predicted molar refractivity (Wildman–Crippen MR) is 106 cm³/mol. The molecule has 150 valence electrons. The molecule has 0 radical (unpaired) electrons. The zero-order chi connectivity index (χ0) is 19.9. The molecule has 2 amide bonds. The molecule has 1 aliphatic carbocycles. The van der Waals surface area contributed by atoms with E-state index in [4.69, 9.17) is 4.84 Å². The van der Waals surface area contributed by atoms with Crippen LogP contribution in [0.3, 0.4) is 0 Å². The number of carbonyl (C=O) groups is 2. The minimum atomic E-state index is -0.526. The molecule has 0 unspecified atom stereocenters. The summed E-state index contributed by atoms with van der Waals surface area (Å²) in [6.45, 7) is 0. The number of amides is 2. The van der Waals surface area contributed by atoms with Crippen LogP contribution in [-0.2, 0) is 9.63 Å². The van der Waals surface area contributed by atoms with Crippen LogP contribution in [0.15, 0.2) is 36.5 Å². The predicted octanol–water partition coefficient (Wildman–Crippen LogP) is 2.27. The summed E-state index contributed by atoms with van der Waals surface area (Å²) < 4.78 is 1.63. The second-order valence-corrected chi connectivity index (χ2v) is 6.96. The third-order valence-corrected chi connectivity index (χ3v) is 5.11. The van der Waals surface area contributed by atoms with Crippen LogP contribution in [0.4, 0.5) is 5.69 Å². The van der Waals surface area contributed by atoms with Gasteiger partial charge in [-0.05, 0) is 49.1 Å². The quantitative estimate of drug-likeness (QED) is 0.635. The molecule has 8 nitrogen and oxygen atoms in total. The zero-order valence-electron chi connectivity index (χ0n) is 16.3. The largest absolute Gasteiger partial charge is 0.357 e. The Morgan fingerprint density at radius 1 is 1.14 bits per heavy atom. The summed E-state index contributed by atoms with van der Waals surface area (Å²) in [5.74, 6) is -0.322. The smallest absolute Gasteiger partial charge is 0.272 e. The van der Waals surface area contributed by atoms with E-state index >= 15 is 0 Å². The number of carbonyl (C=O) groups excluding carboxylic acids is 2. The molecular formula is C20H27N5O3. The van der Waals surface area contributed by atoms with Gasteiger partial charge >= 0.3 is 0 Å². The van der Waals surface area contributed by atoms with Crippen molar-refractivity contribution in [2.24, 2.45) is 5.92 Å². The highest BCUT2D eigenvalue weighted by atomic mass is 16.6. The lowest BCUT2D eigenvalue weighted by Gasteiger charge is -2.29. The average molecular weight is 385 g/mol. The maximum Gasteiger partial charge on any atom is 0.272 e. The van der Waals surface area contributed by atoms with E-state index in [0.717, 1.165) is 37.1 Å². The number of aromatic nitrogens is 2. The summed E-state index contributed by atoms with van der Waals surface area (Å²) >= 11 is 0. The van der Waals surface area contributed by atoms with Gasteiger partial charge in [0.15, 0.2) is 5.69 Å². The number of rotatable bonds is 7. The van der Waals surface area contributed by atoms with Crippen molar-refractivity contribution in [3.63, 3.8) is 0 Å². The lowest BCUT2D eigenvalue weighted by atomic mass is 9.83. The highest BCUT2D eigenvalue weighted by Crippen LogP contribution is 2.26. The molecule has 1 heterocycles. The van der Waals surface area contributed by atoms with Crippen molar-refractivity contribution in [1.82, 2.24) is 20.4 Å². The van der Waals surface area contributed by atoms with Crippen LogP contribution >= 0.6 is 0 Å². The van der Waals surface area contributed by atoms with Gasteiger partial charge in [-0.3, -0.25) is 19.9 Å². The summed E-state index contributed by atoms with van der Waals surface area (Å²) in [7, 11) is 3.15. The zero-order valence-corrected chi connectivity index (χ0v) is 16.3. The summed E-state index contributed by atoms with van der Waals surface area (Å²) in [4.78, 5) is 29.9. The summed E-state index contributed by atoms with van der Waals surface area (Å²) in [6, 6.07) is 8.56. The fourth-order valence-corrected chi connectivity index (χ4v) is 3.62. The standard InChI is InChI=1S/C20H27N5O3/c1-21-20(27)18(14-6-4-3-5-7-14)22-19(26)17-12-13-25(23-17)16-10-8-15(9-11-16)24-28-2/h8-14,18,24H,3-7H2,1-2H3,(H,21,27)(H,22,26)/t18-/m0/s1. The van der Waals surface area contributed by atoms with Gasteiger partial charge in [-0.25, -0.2) is 4.68 Å². The molecule has 0 saturated heterocycles. The van der Waals surface area contributed by atoms with Gasteiger partial charge in [0.1, 0.15) is 6.04 Å². The molecule has 3 rings (SSSR count). The summed E-state index contributed by atoms with van der Waals surface area (Å²) in [6.07, 6.45) is 7.01.